The summed E-state index contributed by atoms with van der Waals surface area (Å²) in [7, 11) is 0. The molecule has 0 bridgehead atoms. The Labute approximate surface area is 169 Å². The fraction of sp³-hybridized carbons (Fsp3) is 0.0476. The van der Waals surface area contributed by atoms with Gasteiger partial charge in [0, 0.05) is 16.1 Å². The highest BCUT2D eigenvalue weighted by Gasteiger charge is 2.16. The van der Waals surface area contributed by atoms with Crippen molar-refractivity contribution in [2.75, 3.05) is 0 Å². The number of halogens is 3. The average Bonchev–Trinajstić information content (AvgIpc) is 2.67. The molecule has 1 aromatic heterocycles. The first-order valence-electron chi connectivity index (χ1n) is 8.37. The number of aromatic amines is 1. The summed E-state index contributed by atoms with van der Waals surface area (Å²) in [5.74, 6) is 0.461. The standard InChI is InChI=1S/C21H13Cl2FN2O2/c22-13-9-12(11-28-15-7-5-14(24)6-8-15)19(17(23)10-13)20-25-18-4-2-1-3-16(18)21(27)26-20/h1-10H,11H2,(H,25,26,27). The number of nitrogens with one attached hydrogen (secondary N) is 1. The number of rotatable bonds is 4. The van der Waals surface area contributed by atoms with Gasteiger partial charge in [0.15, 0.2) is 0 Å². The van der Waals surface area contributed by atoms with Gasteiger partial charge in [-0.1, -0.05) is 35.3 Å². The average molecular weight is 415 g/mol. The van der Waals surface area contributed by atoms with Crippen LogP contribution in [0.25, 0.3) is 22.3 Å². The molecule has 7 heteroatoms. The molecule has 0 aliphatic carbocycles. The largest absolute Gasteiger partial charge is 0.489 e. The molecular weight excluding hydrogens is 402 g/mol. The minimum absolute atomic E-state index is 0.109. The molecule has 4 nitrogen and oxygen atoms in total. The van der Waals surface area contributed by atoms with Crippen LogP contribution in [0.5, 0.6) is 5.75 Å². The van der Waals surface area contributed by atoms with Crippen molar-refractivity contribution in [3.63, 3.8) is 0 Å². The van der Waals surface area contributed by atoms with Gasteiger partial charge in [0.1, 0.15) is 24.0 Å². The summed E-state index contributed by atoms with van der Waals surface area (Å²) >= 11 is 12.6. The third-order valence-electron chi connectivity index (χ3n) is 4.19. The van der Waals surface area contributed by atoms with Crippen LogP contribution in [-0.2, 0) is 6.61 Å². The second kappa shape index (κ2) is 7.62. The van der Waals surface area contributed by atoms with Crippen LogP contribution in [0.3, 0.4) is 0 Å². The summed E-state index contributed by atoms with van der Waals surface area (Å²) in [6.45, 7) is 0.109. The third-order valence-corrected chi connectivity index (χ3v) is 4.71. The molecule has 0 unspecified atom stereocenters. The van der Waals surface area contributed by atoms with E-state index in [0.29, 0.717) is 43.6 Å². The Hall–Kier alpha value is -2.89. The molecule has 1 heterocycles. The maximum atomic E-state index is 13.1. The number of ether oxygens (including phenoxy) is 1. The molecule has 0 spiro atoms. The van der Waals surface area contributed by atoms with Crippen LogP contribution in [0.2, 0.25) is 10.0 Å². The van der Waals surface area contributed by atoms with E-state index in [0.717, 1.165) is 0 Å². The molecule has 3 aromatic carbocycles. The zero-order chi connectivity index (χ0) is 19.7. The van der Waals surface area contributed by atoms with Crippen LogP contribution in [0.1, 0.15) is 5.56 Å². The normalized spacial score (nSPS) is 11.0. The van der Waals surface area contributed by atoms with E-state index in [9.17, 15) is 9.18 Å². The first-order chi connectivity index (χ1) is 13.5. The van der Waals surface area contributed by atoms with E-state index in [4.69, 9.17) is 27.9 Å². The smallest absolute Gasteiger partial charge is 0.259 e. The molecule has 1 N–H and O–H groups in total. The first-order valence-corrected chi connectivity index (χ1v) is 9.12. The van der Waals surface area contributed by atoms with Crippen LogP contribution in [0, 0.1) is 5.82 Å². The molecule has 0 saturated carbocycles. The predicted molar refractivity (Wildman–Crippen MR) is 109 cm³/mol. The van der Waals surface area contributed by atoms with Crippen molar-refractivity contribution in [2.24, 2.45) is 0 Å². The Morgan fingerprint density at radius 3 is 2.57 bits per heavy atom. The molecule has 140 valence electrons. The lowest BCUT2D eigenvalue weighted by molar-refractivity contribution is 0.306. The van der Waals surface area contributed by atoms with E-state index >= 15 is 0 Å². The van der Waals surface area contributed by atoms with Crippen molar-refractivity contribution in [3.8, 4) is 17.1 Å². The first kappa shape index (κ1) is 18.5. The lowest BCUT2D eigenvalue weighted by Crippen LogP contribution is -2.11. The lowest BCUT2D eigenvalue weighted by Gasteiger charge is -2.13. The molecule has 4 rings (SSSR count). The van der Waals surface area contributed by atoms with Gasteiger partial charge >= 0.3 is 0 Å². The zero-order valence-electron chi connectivity index (χ0n) is 14.4. The van der Waals surface area contributed by atoms with Gasteiger partial charge in [-0.2, -0.15) is 0 Å². The van der Waals surface area contributed by atoms with Gasteiger partial charge in [-0.3, -0.25) is 4.79 Å². The summed E-state index contributed by atoms with van der Waals surface area (Å²) in [6, 6.07) is 16.0. The molecule has 0 radical (unpaired) electrons. The SMILES string of the molecule is O=c1[nH]c(-c2c(Cl)cc(Cl)cc2COc2ccc(F)cc2)nc2ccccc12. The number of H-pyrrole nitrogens is 1. The number of fused-ring (bicyclic) bond motifs is 1. The number of hydrogen-bond acceptors (Lipinski definition) is 3. The van der Waals surface area contributed by atoms with Crippen LogP contribution in [0.4, 0.5) is 4.39 Å². The fourth-order valence-corrected chi connectivity index (χ4v) is 3.53. The second-order valence-corrected chi connectivity index (χ2v) is 6.94. The molecular formula is C21H13Cl2FN2O2. The van der Waals surface area contributed by atoms with Gasteiger partial charge in [-0.25, -0.2) is 9.37 Å². The number of nitrogens with zero attached hydrogens (tertiary/aromatic N) is 1. The molecule has 0 aliphatic heterocycles. The van der Waals surface area contributed by atoms with Crippen molar-refractivity contribution in [2.45, 2.75) is 6.61 Å². The van der Waals surface area contributed by atoms with E-state index < -0.39 is 0 Å². The van der Waals surface area contributed by atoms with Gasteiger partial charge in [0.05, 0.1) is 15.9 Å². The Morgan fingerprint density at radius 1 is 1.04 bits per heavy atom. The van der Waals surface area contributed by atoms with Crippen molar-refractivity contribution in [3.05, 3.63) is 92.4 Å². The van der Waals surface area contributed by atoms with Gasteiger partial charge in [0.2, 0.25) is 0 Å². The number of aromatic nitrogens is 2. The Bertz CT molecular complexity index is 1220. The zero-order valence-corrected chi connectivity index (χ0v) is 15.9. The van der Waals surface area contributed by atoms with E-state index in [-0.39, 0.29) is 18.0 Å². The van der Waals surface area contributed by atoms with Gasteiger partial charge in [-0.05, 0) is 48.5 Å². The summed E-state index contributed by atoms with van der Waals surface area (Å²) < 4.78 is 18.8. The predicted octanol–water partition coefficient (Wildman–Crippen LogP) is 5.62. The quantitative estimate of drug-likeness (QED) is 0.471. The van der Waals surface area contributed by atoms with Gasteiger partial charge in [0.25, 0.3) is 5.56 Å². The molecule has 0 amide bonds. The van der Waals surface area contributed by atoms with E-state index in [1.165, 1.54) is 24.3 Å². The minimum Gasteiger partial charge on any atom is -0.489 e. The lowest BCUT2D eigenvalue weighted by atomic mass is 10.1. The van der Waals surface area contributed by atoms with Crippen molar-refractivity contribution in [1.82, 2.24) is 9.97 Å². The Balaban J connectivity index is 1.78. The van der Waals surface area contributed by atoms with E-state index in [2.05, 4.69) is 9.97 Å². The monoisotopic (exact) mass is 414 g/mol. The topological polar surface area (TPSA) is 55.0 Å². The van der Waals surface area contributed by atoms with E-state index in [1.54, 1.807) is 36.4 Å². The summed E-state index contributed by atoms with van der Waals surface area (Å²) in [6.07, 6.45) is 0. The Morgan fingerprint density at radius 2 is 1.79 bits per heavy atom. The van der Waals surface area contributed by atoms with Gasteiger partial charge < -0.3 is 9.72 Å². The molecule has 0 fully saturated rings. The highest BCUT2D eigenvalue weighted by Crippen LogP contribution is 2.33. The molecule has 28 heavy (non-hydrogen) atoms. The summed E-state index contributed by atoms with van der Waals surface area (Å²) in [5, 5.41) is 1.25. The molecule has 0 aliphatic rings. The maximum absolute atomic E-state index is 13.1. The van der Waals surface area contributed by atoms with Gasteiger partial charge in [-0.15, -0.1) is 0 Å². The van der Waals surface area contributed by atoms with Crippen molar-refractivity contribution in [1.29, 1.82) is 0 Å². The molecule has 4 aromatic rings. The summed E-state index contributed by atoms with van der Waals surface area (Å²) in [4.78, 5) is 19.8. The van der Waals surface area contributed by atoms with Crippen LogP contribution in [-0.4, -0.2) is 9.97 Å². The van der Waals surface area contributed by atoms with Crippen molar-refractivity contribution >= 4 is 34.1 Å². The highest BCUT2D eigenvalue weighted by molar-refractivity contribution is 6.36. The number of hydrogen-bond donors (Lipinski definition) is 1. The molecule has 0 saturated heterocycles. The minimum atomic E-state index is -0.350. The van der Waals surface area contributed by atoms with Crippen LogP contribution in [0.15, 0.2) is 65.5 Å². The summed E-state index contributed by atoms with van der Waals surface area (Å²) in [5.41, 5.74) is 1.45. The Kier molecular flexibility index (Phi) is 5.03. The maximum Gasteiger partial charge on any atom is 0.259 e. The second-order valence-electron chi connectivity index (χ2n) is 6.10. The fourth-order valence-electron chi connectivity index (χ4n) is 2.90. The molecule has 0 atom stereocenters. The highest BCUT2D eigenvalue weighted by atomic mass is 35.5. The van der Waals surface area contributed by atoms with Crippen LogP contribution >= 0.6 is 23.2 Å². The van der Waals surface area contributed by atoms with Crippen LogP contribution < -0.4 is 10.3 Å². The third kappa shape index (κ3) is 3.72. The number of para-hydroxylation sites is 1. The van der Waals surface area contributed by atoms with Crippen molar-refractivity contribution < 1.29 is 9.13 Å². The number of benzene rings is 3. The van der Waals surface area contributed by atoms with E-state index in [1.807, 2.05) is 0 Å².